The van der Waals surface area contributed by atoms with Crippen molar-refractivity contribution in [2.45, 2.75) is 58.0 Å². The van der Waals surface area contributed by atoms with Gasteiger partial charge < -0.3 is 14.0 Å². The highest BCUT2D eigenvalue weighted by atomic mass is 16.5. The summed E-state index contributed by atoms with van der Waals surface area (Å²) in [6.45, 7) is 1.80. The van der Waals surface area contributed by atoms with E-state index in [4.69, 9.17) is 4.52 Å². The van der Waals surface area contributed by atoms with Gasteiger partial charge in [-0.15, -0.1) is 0 Å². The third-order valence-electron chi connectivity index (χ3n) is 8.02. The molecule has 0 unspecified atom stereocenters. The predicted octanol–water partition coefficient (Wildman–Crippen LogP) is 4.54. The Bertz CT molecular complexity index is 1560. The number of benzene rings is 1. The van der Waals surface area contributed by atoms with Crippen LogP contribution in [-0.2, 0) is 32.4 Å². The number of carbonyl (C=O) groups is 1. The molecular formula is C29H28N4O3. The molecule has 4 aromatic rings. The summed E-state index contributed by atoms with van der Waals surface area (Å²) >= 11 is 0. The molecule has 1 aliphatic heterocycles. The average molecular weight is 481 g/mol. The summed E-state index contributed by atoms with van der Waals surface area (Å²) in [5.41, 5.74) is 5.71. The van der Waals surface area contributed by atoms with Crippen molar-refractivity contribution in [2.24, 2.45) is 5.92 Å². The standard InChI is InChI=1S/C29H28N4O3/c34-28-24(22-6-3-4-19-15-30-12-10-21(19)22)14-20-17-32(13-11-26(20)33(28)16-18-8-9-18)29(35)27-23-5-1-2-7-25(23)31-36-27/h3-4,6,10,12,14-15,18H,1-2,5,7-9,11,13,16-17H2. The maximum atomic E-state index is 13.9. The molecule has 4 heterocycles. The number of aryl methyl sites for hydroxylation is 1. The summed E-state index contributed by atoms with van der Waals surface area (Å²) in [6, 6.07) is 10.0. The van der Waals surface area contributed by atoms with Crippen molar-refractivity contribution in [1.82, 2.24) is 19.6 Å². The minimum absolute atomic E-state index is 0.0639. The number of carbonyl (C=O) groups excluding carboxylic acids is 1. The highest BCUT2D eigenvalue weighted by Gasteiger charge is 2.32. The van der Waals surface area contributed by atoms with Crippen LogP contribution in [0.5, 0.6) is 0 Å². The van der Waals surface area contributed by atoms with Crippen molar-refractivity contribution < 1.29 is 9.32 Å². The second-order valence-corrected chi connectivity index (χ2v) is 10.4. The Labute approximate surface area is 208 Å². The Kier molecular flexibility index (Phi) is 5.04. The van der Waals surface area contributed by atoms with E-state index in [0.29, 0.717) is 36.8 Å². The summed E-state index contributed by atoms with van der Waals surface area (Å²) in [6.07, 6.45) is 10.5. The van der Waals surface area contributed by atoms with Gasteiger partial charge in [0, 0.05) is 60.7 Å². The quantitative estimate of drug-likeness (QED) is 0.428. The van der Waals surface area contributed by atoms with Crippen LogP contribution in [0.1, 0.15) is 58.8 Å². The number of rotatable bonds is 4. The molecule has 7 rings (SSSR count). The van der Waals surface area contributed by atoms with Gasteiger partial charge in [-0.25, -0.2) is 0 Å². The molecule has 36 heavy (non-hydrogen) atoms. The lowest BCUT2D eigenvalue weighted by atomic mass is 9.94. The Morgan fingerprint density at radius 3 is 2.86 bits per heavy atom. The summed E-state index contributed by atoms with van der Waals surface area (Å²) < 4.78 is 7.56. The first-order valence-corrected chi connectivity index (χ1v) is 13.0. The van der Waals surface area contributed by atoms with Crippen LogP contribution in [0.4, 0.5) is 0 Å². The molecule has 0 saturated heterocycles. The van der Waals surface area contributed by atoms with Crippen LogP contribution in [0.3, 0.4) is 0 Å². The molecular weight excluding hydrogens is 452 g/mol. The van der Waals surface area contributed by atoms with E-state index >= 15 is 0 Å². The molecule has 0 spiro atoms. The number of nitrogens with zero attached hydrogens (tertiary/aromatic N) is 4. The maximum absolute atomic E-state index is 13.9. The van der Waals surface area contributed by atoms with Crippen LogP contribution >= 0.6 is 0 Å². The molecule has 0 bridgehead atoms. The zero-order valence-electron chi connectivity index (χ0n) is 20.2. The van der Waals surface area contributed by atoms with E-state index in [2.05, 4.69) is 10.1 Å². The minimum Gasteiger partial charge on any atom is -0.350 e. The lowest BCUT2D eigenvalue weighted by Crippen LogP contribution is -2.40. The van der Waals surface area contributed by atoms with Gasteiger partial charge in [-0.2, -0.15) is 0 Å². The average Bonchev–Trinajstić information content (AvgIpc) is 3.64. The summed E-state index contributed by atoms with van der Waals surface area (Å²) in [5, 5.41) is 6.21. The van der Waals surface area contributed by atoms with Gasteiger partial charge in [0.15, 0.2) is 0 Å². The van der Waals surface area contributed by atoms with E-state index in [9.17, 15) is 9.59 Å². The molecule has 7 nitrogen and oxygen atoms in total. The normalized spacial score (nSPS) is 17.2. The zero-order chi connectivity index (χ0) is 24.2. The van der Waals surface area contributed by atoms with E-state index in [1.54, 1.807) is 6.20 Å². The van der Waals surface area contributed by atoms with E-state index in [1.807, 2.05) is 46.0 Å². The number of aromatic nitrogens is 3. The van der Waals surface area contributed by atoms with Crippen LogP contribution < -0.4 is 5.56 Å². The van der Waals surface area contributed by atoms with E-state index in [-0.39, 0.29) is 11.5 Å². The first-order chi connectivity index (χ1) is 17.7. The van der Waals surface area contributed by atoms with Crippen LogP contribution in [0.15, 0.2) is 52.0 Å². The summed E-state index contributed by atoms with van der Waals surface area (Å²) in [5.74, 6) is 0.884. The van der Waals surface area contributed by atoms with Crippen molar-refractivity contribution in [3.05, 3.63) is 81.4 Å². The first-order valence-electron chi connectivity index (χ1n) is 13.0. The van der Waals surface area contributed by atoms with E-state index in [0.717, 1.165) is 71.1 Å². The van der Waals surface area contributed by atoms with Crippen LogP contribution in [0.25, 0.3) is 21.9 Å². The molecule has 3 aliphatic rings. The van der Waals surface area contributed by atoms with Crippen molar-refractivity contribution in [3.63, 3.8) is 0 Å². The molecule has 1 aromatic carbocycles. The van der Waals surface area contributed by atoms with Crippen LogP contribution in [0.2, 0.25) is 0 Å². The topological polar surface area (TPSA) is 81.2 Å². The molecule has 7 heteroatoms. The Balaban J connectivity index is 1.31. The zero-order valence-corrected chi connectivity index (χ0v) is 20.2. The van der Waals surface area contributed by atoms with Gasteiger partial charge in [0.2, 0.25) is 5.76 Å². The fourth-order valence-electron chi connectivity index (χ4n) is 5.90. The Morgan fingerprint density at radius 1 is 1.08 bits per heavy atom. The molecule has 0 radical (unpaired) electrons. The van der Waals surface area contributed by atoms with Crippen molar-refractivity contribution in [3.8, 4) is 11.1 Å². The van der Waals surface area contributed by atoms with Gasteiger partial charge in [0.25, 0.3) is 11.5 Å². The monoisotopic (exact) mass is 480 g/mol. The number of amides is 1. The third kappa shape index (κ3) is 3.56. The van der Waals surface area contributed by atoms with Gasteiger partial charge in [-0.05, 0) is 73.1 Å². The molecule has 0 atom stereocenters. The number of pyridine rings is 2. The molecule has 2 aliphatic carbocycles. The predicted molar refractivity (Wildman–Crippen MR) is 136 cm³/mol. The second kappa shape index (κ2) is 8.43. The van der Waals surface area contributed by atoms with Crippen molar-refractivity contribution >= 4 is 16.7 Å². The fourth-order valence-corrected chi connectivity index (χ4v) is 5.90. The highest BCUT2D eigenvalue weighted by Crippen LogP contribution is 2.34. The largest absolute Gasteiger partial charge is 0.350 e. The fraction of sp³-hybridized carbons (Fsp3) is 0.379. The lowest BCUT2D eigenvalue weighted by molar-refractivity contribution is 0.0688. The van der Waals surface area contributed by atoms with Gasteiger partial charge in [-0.1, -0.05) is 23.4 Å². The third-order valence-corrected chi connectivity index (χ3v) is 8.02. The maximum Gasteiger partial charge on any atom is 0.293 e. The van der Waals surface area contributed by atoms with Crippen LogP contribution in [-0.4, -0.2) is 32.1 Å². The molecule has 182 valence electrons. The SMILES string of the molecule is O=C(c1onc2c1CCCC2)N1CCc2c(cc(-c3cccc4cnccc34)c(=O)n2CC2CC2)C1. The molecule has 1 saturated carbocycles. The molecule has 3 aromatic heterocycles. The molecule has 0 N–H and O–H groups in total. The van der Waals surface area contributed by atoms with Crippen molar-refractivity contribution in [2.75, 3.05) is 6.54 Å². The molecule has 1 amide bonds. The second-order valence-electron chi connectivity index (χ2n) is 10.4. The Morgan fingerprint density at radius 2 is 1.97 bits per heavy atom. The summed E-state index contributed by atoms with van der Waals surface area (Å²) in [4.78, 5) is 33.5. The highest BCUT2D eigenvalue weighted by molar-refractivity contribution is 5.96. The number of hydrogen-bond donors (Lipinski definition) is 0. The first kappa shape index (κ1) is 21.5. The molecule has 1 fully saturated rings. The number of fused-ring (bicyclic) bond motifs is 3. The van der Waals surface area contributed by atoms with Crippen molar-refractivity contribution in [1.29, 1.82) is 0 Å². The minimum atomic E-state index is -0.0889. The number of hydrogen-bond acceptors (Lipinski definition) is 5. The van der Waals surface area contributed by atoms with E-state index in [1.165, 1.54) is 12.8 Å². The lowest BCUT2D eigenvalue weighted by Gasteiger charge is -2.31. The van der Waals surface area contributed by atoms with Gasteiger partial charge in [-0.3, -0.25) is 14.6 Å². The van der Waals surface area contributed by atoms with Gasteiger partial charge in [0.1, 0.15) is 0 Å². The summed E-state index contributed by atoms with van der Waals surface area (Å²) in [7, 11) is 0. The van der Waals surface area contributed by atoms with E-state index < -0.39 is 0 Å². The van der Waals surface area contributed by atoms with Crippen LogP contribution in [0, 0.1) is 5.92 Å². The smallest absolute Gasteiger partial charge is 0.293 e. The van der Waals surface area contributed by atoms with Gasteiger partial charge in [0.05, 0.1) is 5.69 Å². The van der Waals surface area contributed by atoms with Gasteiger partial charge >= 0.3 is 0 Å². The Hall–Kier alpha value is -3.74.